The number of aromatic nitrogens is 3. The van der Waals surface area contributed by atoms with Crippen LogP contribution in [0.4, 0.5) is 5.69 Å². The molecule has 2 heterocycles. The van der Waals surface area contributed by atoms with Crippen LogP contribution in [0.25, 0.3) is 0 Å². The van der Waals surface area contributed by atoms with E-state index in [4.69, 9.17) is 0 Å². The molecule has 0 radical (unpaired) electrons. The van der Waals surface area contributed by atoms with Gasteiger partial charge in [0.1, 0.15) is 0 Å². The first kappa shape index (κ1) is 14.7. The van der Waals surface area contributed by atoms with E-state index in [2.05, 4.69) is 15.3 Å². The van der Waals surface area contributed by atoms with Gasteiger partial charge in [-0.15, -0.1) is 27.2 Å². The average Bonchev–Trinajstić information content (AvgIpc) is 2.80. The van der Waals surface area contributed by atoms with E-state index >= 15 is 0 Å². The first-order valence-electron chi connectivity index (χ1n) is 5.52. The molecular formula is C11H10BrN5O2S. The van der Waals surface area contributed by atoms with E-state index in [-0.39, 0.29) is 22.7 Å². The normalized spacial score (nSPS) is 13.2. The van der Waals surface area contributed by atoms with Crippen molar-refractivity contribution in [3.05, 3.63) is 45.8 Å². The highest BCUT2D eigenvalue weighted by Gasteiger charge is 2.18. The van der Waals surface area contributed by atoms with Crippen LogP contribution in [0.1, 0.15) is 11.4 Å². The van der Waals surface area contributed by atoms with Gasteiger partial charge in [0.05, 0.1) is 10.6 Å². The van der Waals surface area contributed by atoms with Gasteiger partial charge in [-0.25, -0.2) is 0 Å². The predicted octanol–water partition coefficient (Wildman–Crippen LogP) is 2.43. The lowest BCUT2D eigenvalue weighted by Crippen LogP contribution is -2.13. The van der Waals surface area contributed by atoms with E-state index in [0.717, 1.165) is 22.3 Å². The lowest BCUT2D eigenvalue weighted by atomic mass is 10.1. The molecule has 7 nitrogen and oxygen atoms in total. The van der Waals surface area contributed by atoms with Gasteiger partial charge >= 0.3 is 0 Å². The maximum Gasteiger partial charge on any atom is 0.269 e. The molecule has 0 amide bonds. The van der Waals surface area contributed by atoms with Gasteiger partial charge in [-0.2, -0.15) is 9.78 Å². The fourth-order valence-electron chi connectivity index (χ4n) is 1.74. The van der Waals surface area contributed by atoms with E-state index in [0.29, 0.717) is 5.75 Å². The minimum atomic E-state index is -0.413. The van der Waals surface area contributed by atoms with Crippen molar-refractivity contribution in [3.63, 3.8) is 0 Å². The van der Waals surface area contributed by atoms with Crippen LogP contribution in [0.2, 0.25) is 0 Å². The quantitative estimate of drug-likeness (QED) is 0.609. The zero-order valence-corrected chi connectivity index (χ0v) is 12.9. The molecule has 9 heteroatoms. The van der Waals surface area contributed by atoms with Gasteiger partial charge in [-0.1, -0.05) is 11.8 Å². The summed E-state index contributed by atoms with van der Waals surface area (Å²) in [6.07, 6.45) is 0. The Morgan fingerprint density at radius 3 is 2.65 bits per heavy atom. The molecule has 0 saturated heterocycles. The highest BCUT2D eigenvalue weighted by molar-refractivity contribution is 8.93. The Kier molecular flexibility index (Phi) is 4.19. The van der Waals surface area contributed by atoms with Crippen LogP contribution < -0.4 is 0 Å². The van der Waals surface area contributed by atoms with Gasteiger partial charge in [0.25, 0.3) is 5.69 Å². The Balaban J connectivity index is 0.00000147. The van der Waals surface area contributed by atoms with Crippen molar-refractivity contribution < 1.29 is 4.92 Å². The topological polar surface area (TPSA) is 86.2 Å². The van der Waals surface area contributed by atoms with Crippen molar-refractivity contribution in [2.75, 3.05) is 5.75 Å². The monoisotopic (exact) mass is 355 g/mol. The van der Waals surface area contributed by atoms with E-state index < -0.39 is 4.92 Å². The fraction of sp³-hybridized carbons (Fsp3) is 0.182. The Bertz CT molecular complexity index is 683. The number of nitro groups is 1. The van der Waals surface area contributed by atoms with Gasteiger partial charge in [0.2, 0.25) is 5.16 Å². The second-order valence-corrected chi connectivity index (χ2v) is 4.92. The van der Waals surface area contributed by atoms with Crippen LogP contribution >= 0.6 is 28.7 Å². The van der Waals surface area contributed by atoms with Gasteiger partial charge in [-0.05, 0) is 24.6 Å². The number of benzene rings is 1. The van der Waals surface area contributed by atoms with E-state index in [1.165, 1.54) is 12.1 Å². The predicted molar refractivity (Wildman–Crippen MR) is 80.8 cm³/mol. The molecule has 1 aliphatic heterocycles. The van der Waals surface area contributed by atoms with Crippen LogP contribution in [0.3, 0.4) is 0 Å². The molecule has 1 aromatic carbocycles. The molecule has 0 aliphatic carbocycles. The standard InChI is InChI=1S/C11H9N5O2S.BrH/c1-7-12-13-11-15(7)14-10(6-19-11)8-2-4-9(5-3-8)16(17)18;/h2-5H,6H2,1H3;1H. The average molecular weight is 356 g/mol. The zero-order chi connectivity index (χ0) is 13.4. The van der Waals surface area contributed by atoms with Gasteiger partial charge in [0, 0.05) is 17.9 Å². The van der Waals surface area contributed by atoms with Crippen molar-refractivity contribution in [3.8, 4) is 0 Å². The first-order chi connectivity index (χ1) is 9.15. The zero-order valence-electron chi connectivity index (χ0n) is 10.4. The van der Waals surface area contributed by atoms with Crippen molar-refractivity contribution in [2.45, 2.75) is 12.1 Å². The number of rotatable bonds is 2. The van der Waals surface area contributed by atoms with Crippen molar-refractivity contribution in [2.24, 2.45) is 5.10 Å². The molecule has 104 valence electrons. The molecule has 0 N–H and O–H groups in total. The van der Waals surface area contributed by atoms with Crippen molar-refractivity contribution in [1.82, 2.24) is 14.9 Å². The largest absolute Gasteiger partial charge is 0.269 e. The first-order valence-corrected chi connectivity index (χ1v) is 6.51. The highest BCUT2D eigenvalue weighted by atomic mass is 79.9. The SMILES string of the molecule is Br.Cc1nnc2n1N=C(c1ccc([N+](=O)[O-])cc1)CS2. The number of aryl methyl sites for hydroxylation is 1. The maximum atomic E-state index is 10.6. The van der Waals surface area contributed by atoms with Gasteiger partial charge in [-0.3, -0.25) is 10.1 Å². The molecule has 0 unspecified atom stereocenters. The molecule has 0 spiro atoms. The smallest absolute Gasteiger partial charge is 0.258 e. The summed E-state index contributed by atoms with van der Waals surface area (Å²) in [5.41, 5.74) is 1.81. The molecule has 2 aromatic rings. The minimum Gasteiger partial charge on any atom is -0.258 e. The van der Waals surface area contributed by atoms with Crippen molar-refractivity contribution in [1.29, 1.82) is 0 Å². The van der Waals surface area contributed by atoms with Crippen LogP contribution in [0, 0.1) is 17.0 Å². The summed E-state index contributed by atoms with van der Waals surface area (Å²) in [6, 6.07) is 6.39. The molecule has 0 bridgehead atoms. The summed E-state index contributed by atoms with van der Waals surface area (Å²) in [6.45, 7) is 1.83. The van der Waals surface area contributed by atoms with E-state index in [1.807, 2.05) is 6.92 Å². The molecule has 1 aromatic heterocycles. The fourth-order valence-corrected chi connectivity index (χ4v) is 2.63. The summed E-state index contributed by atoms with van der Waals surface area (Å²) >= 11 is 1.55. The minimum absolute atomic E-state index is 0. The van der Waals surface area contributed by atoms with Crippen LogP contribution in [0.15, 0.2) is 34.5 Å². The van der Waals surface area contributed by atoms with Crippen molar-refractivity contribution >= 4 is 40.1 Å². The third-order valence-electron chi connectivity index (χ3n) is 2.74. The van der Waals surface area contributed by atoms with Gasteiger partial charge in [0.15, 0.2) is 5.82 Å². The summed E-state index contributed by atoms with van der Waals surface area (Å²) in [4.78, 5) is 10.2. The second kappa shape index (κ2) is 5.71. The third-order valence-corrected chi connectivity index (χ3v) is 3.67. The van der Waals surface area contributed by atoms with Crippen LogP contribution in [-0.2, 0) is 0 Å². The Morgan fingerprint density at radius 2 is 2.00 bits per heavy atom. The maximum absolute atomic E-state index is 10.6. The number of nitro benzene ring substituents is 1. The van der Waals surface area contributed by atoms with Crippen LogP contribution in [0.5, 0.6) is 0 Å². The third kappa shape index (κ3) is 2.59. The number of hydrogen-bond acceptors (Lipinski definition) is 6. The number of fused-ring (bicyclic) bond motifs is 1. The Morgan fingerprint density at radius 1 is 1.30 bits per heavy atom. The molecule has 0 saturated carbocycles. The number of halogens is 1. The lowest BCUT2D eigenvalue weighted by Gasteiger charge is -2.12. The molecule has 20 heavy (non-hydrogen) atoms. The number of non-ortho nitro benzene ring substituents is 1. The molecule has 1 aliphatic rings. The summed E-state index contributed by atoms with van der Waals surface area (Å²) in [5.74, 6) is 1.40. The van der Waals surface area contributed by atoms with Gasteiger partial charge < -0.3 is 0 Å². The summed E-state index contributed by atoms with van der Waals surface area (Å²) in [5, 5.41) is 23.8. The molecule has 0 atom stereocenters. The summed E-state index contributed by atoms with van der Waals surface area (Å²) in [7, 11) is 0. The van der Waals surface area contributed by atoms with Crippen LogP contribution in [-0.4, -0.2) is 31.3 Å². The number of thioether (sulfide) groups is 1. The second-order valence-electron chi connectivity index (χ2n) is 3.98. The lowest BCUT2D eigenvalue weighted by molar-refractivity contribution is -0.384. The van der Waals surface area contributed by atoms with E-state index in [1.54, 1.807) is 28.6 Å². The Labute approximate surface area is 129 Å². The van der Waals surface area contributed by atoms with E-state index in [9.17, 15) is 10.1 Å². The number of nitrogens with zero attached hydrogens (tertiary/aromatic N) is 5. The number of hydrogen-bond donors (Lipinski definition) is 0. The molecule has 3 rings (SSSR count). The molecule has 0 fully saturated rings. The Hall–Kier alpha value is -1.74. The highest BCUT2D eigenvalue weighted by Crippen LogP contribution is 2.24. The molecular weight excluding hydrogens is 346 g/mol. The summed E-state index contributed by atoms with van der Waals surface area (Å²) < 4.78 is 1.69.